The highest BCUT2D eigenvalue weighted by atomic mass is 16.7. The highest BCUT2D eigenvalue weighted by Crippen LogP contribution is 2.68. The number of hydrogen-bond donors (Lipinski definition) is 0. The number of carbonyl (C=O) groups excluding carboxylic acids is 1. The molecule has 0 N–H and O–H groups in total. The van der Waals surface area contributed by atoms with Crippen molar-refractivity contribution in [3.63, 3.8) is 0 Å². The van der Waals surface area contributed by atoms with Gasteiger partial charge in [0, 0.05) is 33.2 Å². The van der Waals surface area contributed by atoms with E-state index in [9.17, 15) is 4.79 Å². The van der Waals surface area contributed by atoms with E-state index < -0.39 is 0 Å². The number of carbonyl (C=O) groups is 1. The topological polar surface area (TPSA) is 54.0 Å². The van der Waals surface area contributed by atoms with Crippen molar-refractivity contribution >= 4 is 5.78 Å². The van der Waals surface area contributed by atoms with Gasteiger partial charge >= 0.3 is 0 Å². The lowest BCUT2D eigenvalue weighted by Gasteiger charge is -2.55. The van der Waals surface area contributed by atoms with Crippen LogP contribution in [0.2, 0.25) is 0 Å². The Bertz CT molecular complexity index is 559. The summed E-state index contributed by atoms with van der Waals surface area (Å²) in [6.45, 7) is 4.42. The Kier molecular flexibility index (Phi) is 6.99. The maximum Gasteiger partial charge on any atom is 0.157 e. The van der Waals surface area contributed by atoms with E-state index in [0.29, 0.717) is 35.9 Å². The van der Waals surface area contributed by atoms with Gasteiger partial charge in [-0.2, -0.15) is 0 Å². The third-order valence-electron chi connectivity index (χ3n) is 8.62. The molecule has 4 fully saturated rings. The Balaban J connectivity index is 1.32. The Hall–Kier alpha value is -0.490. The van der Waals surface area contributed by atoms with Crippen LogP contribution in [0.1, 0.15) is 84.0 Å². The SMILES string of the molecule is COCOC1CC[C@]23C[C@H]1C[C@@H]2CC(=O)C[C@]3(C)CCCCOC1CCCCO1. The fraction of sp³-hybridized carbons (Fsp3) is 0.958. The molecule has 0 radical (unpaired) electrons. The summed E-state index contributed by atoms with van der Waals surface area (Å²) in [6.07, 6.45) is 13.4. The number of fused-ring (bicyclic) bond motifs is 1. The number of hydrogen-bond acceptors (Lipinski definition) is 5. The first kappa shape index (κ1) is 21.7. The normalized spacial score (nSPS) is 42.1. The van der Waals surface area contributed by atoms with Crippen molar-refractivity contribution in [2.45, 2.75) is 96.4 Å². The predicted molar refractivity (Wildman–Crippen MR) is 110 cm³/mol. The van der Waals surface area contributed by atoms with Crippen LogP contribution in [0.15, 0.2) is 0 Å². The largest absolute Gasteiger partial charge is 0.359 e. The van der Waals surface area contributed by atoms with Gasteiger partial charge in [-0.1, -0.05) is 13.3 Å². The molecule has 166 valence electrons. The lowest BCUT2D eigenvalue weighted by molar-refractivity contribution is -0.163. The van der Waals surface area contributed by atoms with Crippen LogP contribution in [0.3, 0.4) is 0 Å². The summed E-state index contributed by atoms with van der Waals surface area (Å²) in [5.41, 5.74) is 0.473. The van der Waals surface area contributed by atoms with E-state index in [1.807, 2.05) is 0 Å². The van der Waals surface area contributed by atoms with E-state index in [1.54, 1.807) is 7.11 Å². The van der Waals surface area contributed by atoms with Crippen molar-refractivity contribution in [1.29, 1.82) is 0 Å². The summed E-state index contributed by atoms with van der Waals surface area (Å²) in [7, 11) is 1.69. The molecule has 1 saturated heterocycles. The average Bonchev–Trinajstić information content (AvgIpc) is 3.02. The molecule has 0 aromatic rings. The first-order valence-corrected chi connectivity index (χ1v) is 11.9. The maximum absolute atomic E-state index is 12.7. The molecule has 5 nitrogen and oxygen atoms in total. The average molecular weight is 409 g/mol. The van der Waals surface area contributed by atoms with Crippen LogP contribution in [0, 0.1) is 22.7 Å². The van der Waals surface area contributed by atoms with Crippen LogP contribution in [0.4, 0.5) is 0 Å². The van der Waals surface area contributed by atoms with E-state index in [2.05, 4.69) is 6.92 Å². The minimum atomic E-state index is 0.0107. The molecule has 5 heteroatoms. The molecular formula is C24H40O5. The fourth-order valence-electron chi connectivity index (χ4n) is 7.20. The van der Waals surface area contributed by atoms with Crippen LogP contribution in [-0.4, -0.2) is 45.3 Å². The molecule has 2 bridgehead atoms. The minimum Gasteiger partial charge on any atom is -0.359 e. The van der Waals surface area contributed by atoms with E-state index in [-0.39, 0.29) is 11.7 Å². The van der Waals surface area contributed by atoms with Crippen molar-refractivity contribution in [3.05, 3.63) is 0 Å². The number of methoxy groups -OCH3 is 1. The number of Topliss-reactive ketones (excluding diaryl/α,β-unsaturated/α-hetero) is 1. The van der Waals surface area contributed by atoms with Crippen LogP contribution in [-0.2, 0) is 23.7 Å². The second kappa shape index (κ2) is 9.33. The van der Waals surface area contributed by atoms with Gasteiger partial charge in [-0.05, 0) is 80.5 Å². The van der Waals surface area contributed by atoms with Gasteiger partial charge in [0.15, 0.2) is 6.29 Å². The number of unbranched alkanes of at least 4 members (excludes halogenated alkanes) is 1. The van der Waals surface area contributed by atoms with Crippen molar-refractivity contribution in [3.8, 4) is 0 Å². The quantitative estimate of drug-likeness (QED) is 0.403. The van der Waals surface area contributed by atoms with E-state index >= 15 is 0 Å². The monoisotopic (exact) mass is 408 g/mol. The second-order valence-corrected chi connectivity index (χ2v) is 10.3. The zero-order chi connectivity index (χ0) is 20.3. The smallest absolute Gasteiger partial charge is 0.157 e. The molecule has 4 aliphatic rings. The predicted octanol–water partition coefficient (Wildman–Crippen LogP) is 4.86. The summed E-state index contributed by atoms with van der Waals surface area (Å²) in [6, 6.07) is 0. The molecule has 0 aromatic carbocycles. The molecule has 6 atom stereocenters. The van der Waals surface area contributed by atoms with Gasteiger partial charge in [0.25, 0.3) is 0 Å². The van der Waals surface area contributed by atoms with Crippen LogP contribution in [0.5, 0.6) is 0 Å². The van der Waals surface area contributed by atoms with E-state index in [0.717, 1.165) is 71.0 Å². The van der Waals surface area contributed by atoms with E-state index in [4.69, 9.17) is 18.9 Å². The van der Waals surface area contributed by atoms with Crippen molar-refractivity contribution in [2.75, 3.05) is 27.1 Å². The summed E-state index contributed by atoms with van der Waals surface area (Å²) in [5, 5.41) is 0. The molecular weight excluding hydrogens is 368 g/mol. The third kappa shape index (κ3) is 4.44. The lowest BCUT2D eigenvalue weighted by Crippen LogP contribution is -2.50. The van der Waals surface area contributed by atoms with Crippen molar-refractivity contribution in [1.82, 2.24) is 0 Å². The van der Waals surface area contributed by atoms with Gasteiger partial charge in [-0.15, -0.1) is 0 Å². The summed E-state index contributed by atoms with van der Waals surface area (Å²) >= 11 is 0. The zero-order valence-corrected chi connectivity index (χ0v) is 18.5. The fourth-order valence-corrected chi connectivity index (χ4v) is 7.20. The summed E-state index contributed by atoms with van der Waals surface area (Å²) in [5.74, 6) is 1.64. The maximum atomic E-state index is 12.7. The molecule has 1 spiro atoms. The molecule has 4 rings (SSSR count). The second-order valence-electron chi connectivity index (χ2n) is 10.3. The number of ketones is 1. The Morgan fingerprint density at radius 1 is 1.17 bits per heavy atom. The Labute approximate surface area is 176 Å². The van der Waals surface area contributed by atoms with Crippen LogP contribution in [0.25, 0.3) is 0 Å². The van der Waals surface area contributed by atoms with Crippen LogP contribution < -0.4 is 0 Å². The Morgan fingerprint density at radius 3 is 2.86 bits per heavy atom. The highest BCUT2D eigenvalue weighted by molar-refractivity contribution is 5.81. The van der Waals surface area contributed by atoms with Gasteiger partial charge in [-0.3, -0.25) is 4.79 Å². The number of ether oxygens (including phenoxy) is 4. The van der Waals surface area contributed by atoms with Gasteiger partial charge in [0.05, 0.1) is 6.10 Å². The molecule has 1 aliphatic heterocycles. The standard InChI is InChI=1S/C24H40O5/c1-23(9-4-6-12-28-22-7-3-5-11-27-22)16-20(25)14-19-13-18-15-24(19,23)10-8-21(18)29-17-26-2/h18-19,21-22H,3-17H2,1-2H3/t18-,19-,21?,22?,23+,24+/m1/s1. The first-order chi connectivity index (χ1) is 14.1. The van der Waals surface area contributed by atoms with Gasteiger partial charge in [0.2, 0.25) is 0 Å². The van der Waals surface area contributed by atoms with Gasteiger partial charge < -0.3 is 18.9 Å². The lowest BCUT2D eigenvalue weighted by atomic mass is 9.49. The van der Waals surface area contributed by atoms with E-state index in [1.165, 1.54) is 19.3 Å². The molecule has 2 unspecified atom stereocenters. The molecule has 3 aliphatic carbocycles. The highest BCUT2D eigenvalue weighted by Gasteiger charge is 2.63. The van der Waals surface area contributed by atoms with Crippen molar-refractivity contribution in [2.24, 2.45) is 22.7 Å². The van der Waals surface area contributed by atoms with Gasteiger partial charge in [-0.25, -0.2) is 0 Å². The van der Waals surface area contributed by atoms with Crippen molar-refractivity contribution < 1.29 is 23.7 Å². The molecule has 1 heterocycles. The molecule has 29 heavy (non-hydrogen) atoms. The molecule has 3 saturated carbocycles. The zero-order valence-electron chi connectivity index (χ0n) is 18.5. The summed E-state index contributed by atoms with van der Waals surface area (Å²) in [4.78, 5) is 12.7. The first-order valence-electron chi connectivity index (χ1n) is 11.9. The Morgan fingerprint density at radius 2 is 2.07 bits per heavy atom. The minimum absolute atomic E-state index is 0.0107. The molecule has 0 aromatic heterocycles. The third-order valence-corrected chi connectivity index (χ3v) is 8.62. The van der Waals surface area contributed by atoms with Crippen LogP contribution >= 0.6 is 0 Å². The molecule has 0 amide bonds. The van der Waals surface area contributed by atoms with Gasteiger partial charge in [0.1, 0.15) is 12.6 Å². The summed E-state index contributed by atoms with van der Waals surface area (Å²) < 4.78 is 22.7. The number of rotatable bonds is 9.